The lowest BCUT2D eigenvalue weighted by Crippen LogP contribution is -2.29. The first kappa shape index (κ1) is 14.2. The summed E-state index contributed by atoms with van der Waals surface area (Å²) in [5, 5.41) is 8.80. The van der Waals surface area contributed by atoms with E-state index < -0.39 is 5.97 Å². The van der Waals surface area contributed by atoms with E-state index in [0.29, 0.717) is 6.54 Å². The predicted molar refractivity (Wildman–Crippen MR) is 69.4 cm³/mol. The van der Waals surface area contributed by atoms with Gasteiger partial charge in [0.25, 0.3) is 0 Å². The van der Waals surface area contributed by atoms with Gasteiger partial charge in [-0.1, -0.05) is 25.5 Å². The van der Waals surface area contributed by atoms with Crippen molar-refractivity contribution in [3.8, 4) is 0 Å². The van der Waals surface area contributed by atoms with Crippen molar-refractivity contribution in [1.82, 2.24) is 4.90 Å². The van der Waals surface area contributed by atoms with Gasteiger partial charge in [-0.3, -0.25) is 4.79 Å². The second kappa shape index (κ2) is 6.79. The van der Waals surface area contributed by atoms with Crippen molar-refractivity contribution < 1.29 is 14.7 Å². The largest absolute Gasteiger partial charge is 0.478 e. The normalized spacial score (nSPS) is 10.1. The van der Waals surface area contributed by atoms with Gasteiger partial charge in [0.2, 0.25) is 5.91 Å². The van der Waals surface area contributed by atoms with E-state index in [2.05, 4.69) is 6.92 Å². The zero-order valence-corrected chi connectivity index (χ0v) is 10.8. The smallest absolute Gasteiger partial charge is 0.335 e. The van der Waals surface area contributed by atoms with Gasteiger partial charge in [0.1, 0.15) is 0 Å². The summed E-state index contributed by atoms with van der Waals surface area (Å²) >= 11 is 0. The first-order valence-corrected chi connectivity index (χ1v) is 6.12. The molecule has 0 aliphatic rings. The maximum atomic E-state index is 11.5. The third-order valence-electron chi connectivity index (χ3n) is 2.80. The molecule has 0 saturated carbocycles. The molecule has 0 radical (unpaired) electrons. The summed E-state index contributed by atoms with van der Waals surface area (Å²) in [6.07, 6.45) is 2.02. The Bertz CT molecular complexity index is 412. The molecule has 0 spiro atoms. The van der Waals surface area contributed by atoms with Crippen LogP contribution in [-0.4, -0.2) is 28.4 Å². The third-order valence-corrected chi connectivity index (χ3v) is 2.80. The maximum absolute atomic E-state index is 11.5. The topological polar surface area (TPSA) is 57.6 Å². The number of carbonyl (C=O) groups is 2. The van der Waals surface area contributed by atoms with Gasteiger partial charge in [0.05, 0.1) is 5.56 Å². The Morgan fingerprint density at radius 3 is 2.28 bits per heavy atom. The van der Waals surface area contributed by atoms with E-state index in [4.69, 9.17) is 5.11 Å². The quantitative estimate of drug-likeness (QED) is 0.842. The van der Waals surface area contributed by atoms with Crippen molar-refractivity contribution in [2.75, 3.05) is 6.54 Å². The van der Waals surface area contributed by atoms with E-state index >= 15 is 0 Å². The minimum Gasteiger partial charge on any atom is -0.478 e. The van der Waals surface area contributed by atoms with Crippen molar-refractivity contribution in [1.29, 1.82) is 0 Å². The summed E-state index contributed by atoms with van der Waals surface area (Å²) in [5.74, 6) is -0.887. The van der Waals surface area contributed by atoms with E-state index in [9.17, 15) is 9.59 Å². The number of rotatable bonds is 6. The number of carbonyl (C=O) groups excluding carboxylic acids is 1. The lowest BCUT2D eigenvalue weighted by molar-refractivity contribution is -0.129. The minimum absolute atomic E-state index is 0.0470. The zero-order valence-electron chi connectivity index (χ0n) is 10.8. The number of hydrogen-bond acceptors (Lipinski definition) is 2. The van der Waals surface area contributed by atoms with E-state index in [0.717, 1.165) is 24.9 Å². The minimum atomic E-state index is -0.934. The first-order valence-electron chi connectivity index (χ1n) is 6.12. The molecule has 0 bridgehead atoms. The Labute approximate surface area is 107 Å². The molecular formula is C14H19NO3. The molecule has 18 heavy (non-hydrogen) atoms. The van der Waals surface area contributed by atoms with Crippen LogP contribution in [0.2, 0.25) is 0 Å². The highest BCUT2D eigenvalue weighted by Crippen LogP contribution is 2.09. The molecule has 0 fully saturated rings. The standard InChI is InChI=1S/C14H19NO3/c1-3-4-9-15(11(2)16)10-12-5-7-13(8-6-12)14(17)18/h5-8H,3-4,9-10H2,1-2H3,(H,17,18). The van der Waals surface area contributed by atoms with Gasteiger partial charge in [-0.25, -0.2) is 4.79 Å². The second-order valence-corrected chi connectivity index (χ2v) is 4.30. The highest BCUT2D eigenvalue weighted by Gasteiger charge is 2.09. The van der Waals surface area contributed by atoms with Crippen molar-refractivity contribution in [3.05, 3.63) is 35.4 Å². The number of aromatic carboxylic acids is 1. The number of amides is 1. The molecule has 0 aliphatic heterocycles. The van der Waals surface area contributed by atoms with E-state index in [-0.39, 0.29) is 11.5 Å². The first-order chi connectivity index (χ1) is 8.54. The summed E-state index contributed by atoms with van der Waals surface area (Å²) in [6, 6.07) is 6.64. The second-order valence-electron chi connectivity index (χ2n) is 4.30. The van der Waals surface area contributed by atoms with Gasteiger partial charge in [-0.2, -0.15) is 0 Å². The Kier molecular flexibility index (Phi) is 5.36. The molecule has 0 aromatic heterocycles. The van der Waals surface area contributed by atoms with Crippen molar-refractivity contribution in [2.45, 2.75) is 33.2 Å². The van der Waals surface area contributed by atoms with E-state index in [1.54, 1.807) is 36.1 Å². The van der Waals surface area contributed by atoms with Crippen molar-refractivity contribution >= 4 is 11.9 Å². The lowest BCUT2D eigenvalue weighted by Gasteiger charge is -2.20. The molecule has 0 saturated heterocycles. The van der Waals surface area contributed by atoms with Gasteiger partial charge >= 0.3 is 5.97 Å². The van der Waals surface area contributed by atoms with Crippen LogP contribution >= 0.6 is 0 Å². The zero-order chi connectivity index (χ0) is 13.5. The van der Waals surface area contributed by atoms with Crippen LogP contribution < -0.4 is 0 Å². The van der Waals surface area contributed by atoms with Crippen LogP contribution in [0.1, 0.15) is 42.6 Å². The number of hydrogen-bond donors (Lipinski definition) is 1. The Balaban J connectivity index is 2.68. The highest BCUT2D eigenvalue weighted by molar-refractivity contribution is 5.87. The Hall–Kier alpha value is -1.84. The number of benzene rings is 1. The van der Waals surface area contributed by atoms with Gasteiger partial charge < -0.3 is 10.0 Å². The van der Waals surface area contributed by atoms with Gasteiger partial charge in [0.15, 0.2) is 0 Å². The molecule has 1 aromatic rings. The summed E-state index contributed by atoms with van der Waals surface area (Å²) in [7, 11) is 0. The maximum Gasteiger partial charge on any atom is 0.335 e. The average molecular weight is 249 g/mol. The van der Waals surface area contributed by atoms with Gasteiger partial charge in [0, 0.05) is 20.0 Å². The van der Waals surface area contributed by atoms with Crippen LogP contribution in [0.15, 0.2) is 24.3 Å². The molecule has 4 heteroatoms. The van der Waals surface area contributed by atoms with Crippen LogP contribution in [-0.2, 0) is 11.3 Å². The molecule has 4 nitrogen and oxygen atoms in total. The molecule has 0 atom stereocenters. The van der Waals surface area contributed by atoms with Crippen LogP contribution in [0, 0.1) is 0 Å². The van der Waals surface area contributed by atoms with Crippen LogP contribution in [0.4, 0.5) is 0 Å². The molecule has 98 valence electrons. The molecule has 0 unspecified atom stereocenters. The molecule has 1 rings (SSSR count). The summed E-state index contributed by atoms with van der Waals surface area (Å²) in [4.78, 5) is 24.0. The van der Waals surface area contributed by atoms with Crippen LogP contribution in [0.3, 0.4) is 0 Å². The summed E-state index contributed by atoms with van der Waals surface area (Å²) in [5.41, 5.74) is 1.22. The van der Waals surface area contributed by atoms with E-state index in [1.807, 2.05) is 0 Å². The molecule has 0 heterocycles. The van der Waals surface area contributed by atoms with Crippen LogP contribution in [0.5, 0.6) is 0 Å². The van der Waals surface area contributed by atoms with E-state index in [1.165, 1.54) is 0 Å². The highest BCUT2D eigenvalue weighted by atomic mass is 16.4. The van der Waals surface area contributed by atoms with Crippen molar-refractivity contribution in [2.24, 2.45) is 0 Å². The van der Waals surface area contributed by atoms with Gasteiger partial charge in [-0.15, -0.1) is 0 Å². The lowest BCUT2D eigenvalue weighted by atomic mass is 10.1. The fraction of sp³-hybridized carbons (Fsp3) is 0.429. The molecule has 1 N–H and O–H groups in total. The monoisotopic (exact) mass is 249 g/mol. The van der Waals surface area contributed by atoms with Crippen molar-refractivity contribution in [3.63, 3.8) is 0 Å². The number of carboxylic acids is 1. The Morgan fingerprint density at radius 2 is 1.83 bits per heavy atom. The number of carboxylic acid groups (broad SMARTS) is 1. The molecule has 1 aromatic carbocycles. The number of unbranched alkanes of at least 4 members (excludes halogenated alkanes) is 1. The van der Waals surface area contributed by atoms with Gasteiger partial charge in [-0.05, 0) is 24.1 Å². The molecule has 1 amide bonds. The number of nitrogens with zero attached hydrogens (tertiary/aromatic N) is 1. The SMILES string of the molecule is CCCCN(Cc1ccc(C(=O)O)cc1)C(C)=O. The predicted octanol–water partition coefficient (Wildman–Crippen LogP) is 2.53. The van der Waals surface area contributed by atoms with Crippen LogP contribution in [0.25, 0.3) is 0 Å². The molecule has 0 aliphatic carbocycles. The summed E-state index contributed by atoms with van der Waals surface area (Å²) in [6.45, 7) is 4.92. The third kappa shape index (κ3) is 4.20. The average Bonchev–Trinajstić information content (AvgIpc) is 2.34. The summed E-state index contributed by atoms with van der Waals surface area (Å²) < 4.78 is 0. The fourth-order valence-electron chi connectivity index (χ4n) is 1.67. The molecular weight excluding hydrogens is 230 g/mol. The Morgan fingerprint density at radius 1 is 1.22 bits per heavy atom. The fourth-order valence-corrected chi connectivity index (χ4v) is 1.67.